The van der Waals surface area contributed by atoms with Gasteiger partial charge >= 0.3 is 0 Å². The number of carbonyl (C=O) groups is 2. The lowest BCUT2D eigenvalue weighted by molar-refractivity contribution is -0.116. The topological polar surface area (TPSA) is 85.1 Å². The third-order valence-corrected chi connectivity index (χ3v) is 4.18. The van der Waals surface area contributed by atoms with Crippen LogP contribution in [0.3, 0.4) is 0 Å². The maximum atomic E-state index is 12.0. The van der Waals surface area contributed by atoms with Crippen molar-refractivity contribution >= 4 is 28.7 Å². The predicted octanol–water partition coefficient (Wildman–Crippen LogP) is 3.57. The first-order chi connectivity index (χ1) is 11.6. The molecule has 24 heavy (non-hydrogen) atoms. The molecular formula is C17H15N3O3S. The fourth-order valence-corrected chi connectivity index (χ4v) is 2.76. The Balaban J connectivity index is 1.56. The van der Waals surface area contributed by atoms with Crippen molar-refractivity contribution in [3.05, 3.63) is 53.2 Å². The van der Waals surface area contributed by atoms with Gasteiger partial charge in [0.1, 0.15) is 0 Å². The Kier molecular flexibility index (Phi) is 4.81. The van der Waals surface area contributed by atoms with Crippen LogP contribution in [-0.4, -0.2) is 21.9 Å². The monoisotopic (exact) mass is 341 g/mol. The summed E-state index contributed by atoms with van der Waals surface area (Å²) in [6.45, 7) is 1.49. The van der Waals surface area contributed by atoms with E-state index in [4.69, 9.17) is 4.42 Å². The van der Waals surface area contributed by atoms with Gasteiger partial charge in [-0.15, -0.1) is 21.5 Å². The van der Waals surface area contributed by atoms with E-state index in [1.165, 1.54) is 18.3 Å². The molecule has 2 aromatic heterocycles. The van der Waals surface area contributed by atoms with Crippen LogP contribution in [0, 0.1) is 0 Å². The number of Topliss-reactive ketones (excluding diaryl/α,β-unsaturated/α-hetero) is 1. The van der Waals surface area contributed by atoms with Gasteiger partial charge in [-0.2, -0.15) is 0 Å². The summed E-state index contributed by atoms with van der Waals surface area (Å²) < 4.78 is 5.54. The van der Waals surface area contributed by atoms with Crippen molar-refractivity contribution in [2.45, 2.75) is 19.8 Å². The molecule has 0 fully saturated rings. The van der Waals surface area contributed by atoms with Crippen LogP contribution in [0.15, 0.2) is 46.2 Å². The molecule has 1 N–H and O–H groups in total. The normalized spacial score (nSPS) is 10.5. The largest absolute Gasteiger partial charge is 0.420 e. The van der Waals surface area contributed by atoms with Gasteiger partial charge in [-0.1, -0.05) is 18.2 Å². The molecule has 0 atom stereocenters. The van der Waals surface area contributed by atoms with Crippen molar-refractivity contribution in [3.63, 3.8) is 0 Å². The molecule has 0 aliphatic heterocycles. The Morgan fingerprint density at radius 2 is 2.08 bits per heavy atom. The van der Waals surface area contributed by atoms with E-state index in [-0.39, 0.29) is 18.1 Å². The summed E-state index contributed by atoms with van der Waals surface area (Å²) in [4.78, 5) is 24.3. The molecule has 0 aliphatic carbocycles. The van der Waals surface area contributed by atoms with Gasteiger partial charge in [0.05, 0.1) is 4.88 Å². The summed E-state index contributed by atoms with van der Waals surface area (Å²) in [5.41, 5.74) is 1.16. The molecule has 3 aromatic rings. The SMILES string of the molecule is CC(=O)c1cccc(NC(=O)CCc2nnc(-c3cccs3)o2)c1. The zero-order valence-corrected chi connectivity index (χ0v) is 13.8. The minimum absolute atomic E-state index is 0.0435. The highest BCUT2D eigenvalue weighted by atomic mass is 32.1. The lowest BCUT2D eigenvalue weighted by Crippen LogP contribution is -2.12. The first-order valence-corrected chi connectivity index (χ1v) is 8.27. The van der Waals surface area contributed by atoms with Gasteiger partial charge in [0, 0.05) is 24.1 Å². The average Bonchev–Trinajstić information content (AvgIpc) is 3.24. The average molecular weight is 341 g/mol. The third-order valence-electron chi connectivity index (χ3n) is 3.32. The molecule has 0 aliphatic rings. The molecule has 0 saturated carbocycles. The van der Waals surface area contributed by atoms with Crippen molar-refractivity contribution in [2.24, 2.45) is 0 Å². The van der Waals surface area contributed by atoms with Crippen molar-refractivity contribution in [1.29, 1.82) is 0 Å². The summed E-state index contributed by atoms with van der Waals surface area (Å²) in [6.07, 6.45) is 0.576. The lowest BCUT2D eigenvalue weighted by atomic mass is 10.1. The van der Waals surface area contributed by atoms with Crippen molar-refractivity contribution < 1.29 is 14.0 Å². The Morgan fingerprint density at radius 3 is 2.83 bits per heavy atom. The minimum atomic E-state index is -0.174. The highest BCUT2D eigenvalue weighted by molar-refractivity contribution is 7.13. The van der Waals surface area contributed by atoms with E-state index >= 15 is 0 Å². The molecule has 1 amide bonds. The van der Waals surface area contributed by atoms with Crippen molar-refractivity contribution in [1.82, 2.24) is 10.2 Å². The molecule has 0 unspecified atom stereocenters. The van der Waals surface area contributed by atoms with Crippen LogP contribution < -0.4 is 5.32 Å². The minimum Gasteiger partial charge on any atom is -0.420 e. The van der Waals surface area contributed by atoms with E-state index in [2.05, 4.69) is 15.5 Å². The summed E-state index contributed by atoms with van der Waals surface area (Å²) in [5, 5.41) is 12.6. The molecule has 0 spiro atoms. The molecule has 0 saturated heterocycles. The van der Waals surface area contributed by atoms with Gasteiger partial charge < -0.3 is 9.73 Å². The summed E-state index contributed by atoms with van der Waals surface area (Å²) in [6, 6.07) is 10.6. The number of amides is 1. The number of benzene rings is 1. The highest BCUT2D eigenvalue weighted by Gasteiger charge is 2.11. The van der Waals surface area contributed by atoms with Gasteiger partial charge in [0.25, 0.3) is 5.89 Å². The molecule has 1 aromatic carbocycles. The summed E-state index contributed by atoms with van der Waals surface area (Å²) in [5.74, 6) is 0.672. The Labute approximate surface area is 142 Å². The molecular weight excluding hydrogens is 326 g/mol. The molecule has 0 bridgehead atoms. The summed E-state index contributed by atoms with van der Waals surface area (Å²) in [7, 11) is 0. The molecule has 3 rings (SSSR count). The van der Waals surface area contributed by atoms with E-state index in [0.29, 0.717) is 29.5 Å². The van der Waals surface area contributed by atoms with Crippen molar-refractivity contribution in [2.75, 3.05) is 5.32 Å². The fraction of sp³-hybridized carbons (Fsp3) is 0.176. The molecule has 7 heteroatoms. The number of hydrogen-bond donors (Lipinski definition) is 1. The molecule has 0 radical (unpaired) electrons. The zero-order chi connectivity index (χ0) is 16.9. The Hall–Kier alpha value is -2.80. The Bertz CT molecular complexity index is 856. The van der Waals surface area contributed by atoms with Crippen LogP contribution in [0.2, 0.25) is 0 Å². The first kappa shape index (κ1) is 16.1. The van der Waals surface area contributed by atoms with Gasteiger partial charge in [-0.25, -0.2) is 0 Å². The van der Waals surface area contributed by atoms with E-state index in [9.17, 15) is 9.59 Å². The number of rotatable bonds is 6. The van der Waals surface area contributed by atoms with Gasteiger partial charge in [-0.05, 0) is 30.5 Å². The van der Waals surface area contributed by atoms with Crippen LogP contribution in [0.25, 0.3) is 10.8 Å². The lowest BCUT2D eigenvalue weighted by Gasteiger charge is -2.05. The highest BCUT2D eigenvalue weighted by Crippen LogP contribution is 2.23. The molecule has 6 nitrogen and oxygen atoms in total. The van der Waals surface area contributed by atoms with Crippen LogP contribution in [0.5, 0.6) is 0 Å². The van der Waals surface area contributed by atoms with Crippen LogP contribution in [-0.2, 0) is 11.2 Å². The number of anilines is 1. The predicted molar refractivity (Wildman–Crippen MR) is 91.0 cm³/mol. The second kappa shape index (κ2) is 7.18. The van der Waals surface area contributed by atoms with E-state index in [1.807, 2.05) is 17.5 Å². The van der Waals surface area contributed by atoms with Crippen molar-refractivity contribution in [3.8, 4) is 10.8 Å². The molecule has 122 valence electrons. The second-order valence-electron chi connectivity index (χ2n) is 5.16. The number of hydrogen-bond acceptors (Lipinski definition) is 6. The quantitative estimate of drug-likeness (QED) is 0.693. The van der Waals surface area contributed by atoms with Gasteiger partial charge in [0.2, 0.25) is 11.8 Å². The number of aromatic nitrogens is 2. The van der Waals surface area contributed by atoms with Crippen LogP contribution >= 0.6 is 11.3 Å². The fourth-order valence-electron chi connectivity index (χ4n) is 2.11. The maximum Gasteiger partial charge on any atom is 0.257 e. The summed E-state index contributed by atoms with van der Waals surface area (Å²) >= 11 is 1.52. The van der Waals surface area contributed by atoms with Crippen LogP contribution in [0.1, 0.15) is 29.6 Å². The number of nitrogens with one attached hydrogen (secondary N) is 1. The van der Waals surface area contributed by atoms with E-state index in [0.717, 1.165) is 4.88 Å². The second-order valence-corrected chi connectivity index (χ2v) is 6.11. The standard InChI is InChI=1S/C17H15N3O3S/c1-11(21)12-4-2-5-13(10-12)18-15(22)7-8-16-19-20-17(23-16)14-6-3-9-24-14/h2-6,9-10H,7-8H2,1H3,(H,18,22). The number of thiophene rings is 1. The van der Waals surface area contributed by atoms with Gasteiger partial charge in [0.15, 0.2) is 5.78 Å². The van der Waals surface area contributed by atoms with Crippen LogP contribution in [0.4, 0.5) is 5.69 Å². The maximum absolute atomic E-state index is 12.0. The van der Waals surface area contributed by atoms with E-state index < -0.39 is 0 Å². The number of nitrogens with zero attached hydrogens (tertiary/aromatic N) is 2. The first-order valence-electron chi connectivity index (χ1n) is 7.39. The number of ketones is 1. The number of aryl methyl sites for hydroxylation is 1. The molecule has 2 heterocycles. The zero-order valence-electron chi connectivity index (χ0n) is 13.0. The van der Waals surface area contributed by atoms with E-state index in [1.54, 1.807) is 24.3 Å². The number of carbonyl (C=O) groups excluding carboxylic acids is 2. The smallest absolute Gasteiger partial charge is 0.257 e. The third kappa shape index (κ3) is 3.94. The van der Waals surface area contributed by atoms with Gasteiger partial charge in [-0.3, -0.25) is 9.59 Å². The Morgan fingerprint density at radius 1 is 1.21 bits per heavy atom.